The van der Waals surface area contributed by atoms with Gasteiger partial charge in [0.15, 0.2) is 5.78 Å². The number of ether oxygens (including phenoxy) is 1. The second-order valence-corrected chi connectivity index (χ2v) is 6.12. The van der Waals surface area contributed by atoms with Crippen LogP contribution in [0.4, 0.5) is 4.79 Å². The van der Waals surface area contributed by atoms with Gasteiger partial charge in [-0.1, -0.05) is 31.4 Å². The topological polar surface area (TPSA) is 92.7 Å². The summed E-state index contributed by atoms with van der Waals surface area (Å²) < 4.78 is 5.20. The van der Waals surface area contributed by atoms with E-state index in [2.05, 4.69) is 5.32 Å². The molecule has 0 radical (unpaired) electrons. The molecule has 1 saturated carbocycles. The van der Waals surface area contributed by atoms with Crippen molar-refractivity contribution in [3.05, 3.63) is 29.8 Å². The minimum Gasteiger partial charge on any atom is -0.481 e. The lowest BCUT2D eigenvalue weighted by Crippen LogP contribution is -2.32. The van der Waals surface area contributed by atoms with Crippen molar-refractivity contribution in [1.29, 1.82) is 0 Å². The molecule has 1 fully saturated rings. The number of carbonyl (C=O) groups excluding carboxylic acids is 2. The number of benzene rings is 1. The van der Waals surface area contributed by atoms with Crippen LogP contribution in [0.5, 0.6) is 5.75 Å². The lowest BCUT2D eigenvalue weighted by atomic mass is 9.89. The highest BCUT2D eigenvalue weighted by Crippen LogP contribution is 2.23. The number of hydrogen-bond donors (Lipinski definition) is 2. The van der Waals surface area contributed by atoms with Gasteiger partial charge in [0.1, 0.15) is 5.75 Å². The zero-order valence-corrected chi connectivity index (χ0v) is 13.6. The molecule has 0 unspecified atom stereocenters. The number of carboxylic acids is 1. The fourth-order valence-corrected chi connectivity index (χ4v) is 2.86. The van der Waals surface area contributed by atoms with E-state index in [1.165, 1.54) is 25.3 Å². The van der Waals surface area contributed by atoms with Crippen molar-refractivity contribution in [2.24, 2.45) is 5.92 Å². The predicted octanol–water partition coefficient (Wildman–Crippen LogP) is 3.40. The van der Waals surface area contributed by atoms with Gasteiger partial charge in [0.2, 0.25) is 0 Å². The lowest BCUT2D eigenvalue weighted by molar-refractivity contribution is -0.136. The maximum absolute atomic E-state index is 11.9. The monoisotopic (exact) mass is 333 g/mol. The van der Waals surface area contributed by atoms with E-state index in [1.54, 1.807) is 18.2 Å². The normalized spacial score (nSPS) is 14.8. The van der Waals surface area contributed by atoms with E-state index in [9.17, 15) is 14.4 Å². The molecule has 1 amide bonds. The Morgan fingerprint density at radius 2 is 1.88 bits per heavy atom. The van der Waals surface area contributed by atoms with Gasteiger partial charge in [0.05, 0.1) is 6.42 Å². The summed E-state index contributed by atoms with van der Waals surface area (Å²) in [5, 5.41) is 11.4. The molecule has 6 nitrogen and oxygen atoms in total. The molecule has 130 valence electrons. The number of nitrogens with one attached hydrogen (secondary N) is 1. The number of ketones is 1. The molecule has 0 atom stereocenters. The van der Waals surface area contributed by atoms with Crippen LogP contribution in [-0.2, 0) is 4.79 Å². The number of aliphatic carboxylic acids is 1. The fraction of sp³-hybridized carbons (Fsp3) is 0.500. The standard InChI is InChI=1S/C18H23NO5/c20-16(9-10-17(21)22)14-7-4-8-15(11-14)24-18(23)19-12-13-5-2-1-3-6-13/h4,7-8,11,13H,1-3,5-6,9-10,12H2,(H,19,23)(H,21,22). The third kappa shape index (κ3) is 6.02. The second-order valence-electron chi connectivity index (χ2n) is 6.12. The second kappa shape index (κ2) is 9.05. The average Bonchev–Trinajstić information content (AvgIpc) is 2.59. The van der Waals surface area contributed by atoms with Gasteiger partial charge in [0.25, 0.3) is 0 Å². The molecule has 0 spiro atoms. The molecule has 0 heterocycles. The molecule has 0 aliphatic heterocycles. The van der Waals surface area contributed by atoms with Gasteiger partial charge >= 0.3 is 12.1 Å². The number of rotatable bonds is 7. The third-order valence-corrected chi connectivity index (χ3v) is 4.19. The van der Waals surface area contributed by atoms with Crippen LogP contribution >= 0.6 is 0 Å². The SMILES string of the molecule is O=C(O)CCC(=O)c1cccc(OC(=O)NCC2CCCCC2)c1. The number of carbonyl (C=O) groups is 3. The van der Waals surface area contributed by atoms with E-state index in [-0.39, 0.29) is 24.4 Å². The summed E-state index contributed by atoms with van der Waals surface area (Å²) in [7, 11) is 0. The molecular weight excluding hydrogens is 310 g/mol. The van der Waals surface area contributed by atoms with Crippen LogP contribution in [-0.4, -0.2) is 29.5 Å². The quantitative estimate of drug-likeness (QED) is 0.746. The van der Waals surface area contributed by atoms with Crippen molar-refractivity contribution in [2.45, 2.75) is 44.9 Å². The van der Waals surface area contributed by atoms with Crippen LogP contribution in [0.15, 0.2) is 24.3 Å². The number of amides is 1. The van der Waals surface area contributed by atoms with E-state index >= 15 is 0 Å². The minimum atomic E-state index is -1.02. The third-order valence-electron chi connectivity index (χ3n) is 4.19. The molecule has 2 N–H and O–H groups in total. The first-order chi connectivity index (χ1) is 11.5. The minimum absolute atomic E-state index is 0.0767. The molecule has 0 bridgehead atoms. The van der Waals surface area contributed by atoms with Gasteiger partial charge < -0.3 is 15.2 Å². The molecule has 6 heteroatoms. The Bertz CT molecular complexity index is 593. The Morgan fingerprint density at radius 1 is 1.12 bits per heavy atom. The molecule has 1 aliphatic rings. The largest absolute Gasteiger partial charge is 0.481 e. The van der Waals surface area contributed by atoms with Gasteiger partial charge in [-0.3, -0.25) is 9.59 Å². The maximum atomic E-state index is 11.9. The molecule has 1 aromatic rings. The van der Waals surface area contributed by atoms with Crippen molar-refractivity contribution >= 4 is 17.8 Å². The number of Topliss-reactive ketones (excluding diaryl/α,β-unsaturated/α-hetero) is 1. The molecule has 1 aliphatic carbocycles. The Morgan fingerprint density at radius 3 is 2.58 bits per heavy atom. The average molecular weight is 333 g/mol. The van der Waals surface area contributed by atoms with Crippen molar-refractivity contribution < 1.29 is 24.2 Å². The molecule has 0 aromatic heterocycles. The summed E-state index contributed by atoms with van der Waals surface area (Å²) in [4.78, 5) is 34.3. The van der Waals surface area contributed by atoms with E-state index in [4.69, 9.17) is 9.84 Å². The zero-order chi connectivity index (χ0) is 17.4. The summed E-state index contributed by atoms with van der Waals surface area (Å²) >= 11 is 0. The van der Waals surface area contributed by atoms with Crippen LogP contribution in [0, 0.1) is 5.92 Å². The van der Waals surface area contributed by atoms with E-state index in [0.29, 0.717) is 18.0 Å². The smallest absolute Gasteiger partial charge is 0.412 e. The van der Waals surface area contributed by atoms with Crippen molar-refractivity contribution in [2.75, 3.05) is 6.54 Å². The summed E-state index contributed by atoms with van der Waals surface area (Å²) in [5.74, 6) is -0.518. The molecule has 1 aromatic carbocycles. The predicted molar refractivity (Wildman–Crippen MR) is 88.2 cm³/mol. The highest BCUT2D eigenvalue weighted by molar-refractivity contribution is 5.97. The van der Waals surface area contributed by atoms with Crippen LogP contribution in [0.2, 0.25) is 0 Å². The number of hydrogen-bond acceptors (Lipinski definition) is 4. The molecular formula is C18H23NO5. The maximum Gasteiger partial charge on any atom is 0.412 e. The summed E-state index contributed by atoms with van der Waals surface area (Å²) in [6.45, 7) is 0.607. The van der Waals surface area contributed by atoms with Gasteiger partial charge in [-0.25, -0.2) is 4.79 Å². The highest BCUT2D eigenvalue weighted by atomic mass is 16.6. The summed E-state index contributed by atoms with van der Waals surface area (Å²) in [6.07, 6.45) is 5.13. The van der Waals surface area contributed by atoms with E-state index in [0.717, 1.165) is 12.8 Å². The van der Waals surface area contributed by atoms with Crippen molar-refractivity contribution in [1.82, 2.24) is 5.32 Å². The van der Waals surface area contributed by atoms with Crippen LogP contribution < -0.4 is 10.1 Å². The van der Waals surface area contributed by atoms with E-state index in [1.807, 2.05) is 0 Å². The summed E-state index contributed by atoms with van der Waals surface area (Å²) in [6, 6.07) is 6.24. The van der Waals surface area contributed by atoms with E-state index < -0.39 is 12.1 Å². The van der Waals surface area contributed by atoms with Crippen LogP contribution in [0.1, 0.15) is 55.3 Å². The Kier molecular flexibility index (Phi) is 6.78. The Hall–Kier alpha value is -2.37. The van der Waals surface area contributed by atoms with Gasteiger partial charge in [0, 0.05) is 18.5 Å². The van der Waals surface area contributed by atoms with Gasteiger partial charge in [-0.2, -0.15) is 0 Å². The Balaban J connectivity index is 1.83. The van der Waals surface area contributed by atoms with Crippen LogP contribution in [0.25, 0.3) is 0 Å². The first kappa shape index (κ1) is 18.0. The highest BCUT2D eigenvalue weighted by Gasteiger charge is 2.15. The van der Waals surface area contributed by atoms with Crippen molar-refractivity contribution in [3.8, 4) is 5.75 Å². The molecule has 24 heavy (non-hydrogen) atoms. The first-order valence-electron chi connectivity index (χ1n) is 8.35. The van der Waals surface area contributed by atoms with Gasteiger partial charge in [-0.15, -0.1) is 0 Å². The first-order valence-corrected chi connectivity index (χ1v) is 8.35. The van der Waals surface area contributed by atoms with Crippen LogP contribution in [0.3, 0.4) is 0 Å². The lowest BCUT2D eigenvalue weighted by Gasteiger charge is -2.21. The molecule has 2 rings (SSSR count). The van der Waals surface area contributed by atoms with Crippen molar-refractivity contribution in [3.63, 3.8) is 0 Å². The zero-order valence-electron chi connectivity index (χ0n) is 13.6. The van der Waals surface area contributed by atoms with Gasteiger partial charge in [-0.05, 0) is 30.9 Å². The Labute approximate surface area is 141 Å². The summed E-state index contributed by atoms with van der Waals surface area (Å²) in [5.41, 5.74) is 0.342. The number of carboxylic acid groups (broad SMARTS) is 1. The molecule has 0 saturated heterocycles. The fourth-order valence-electron chi connectivity index (χ4n) is 2.86.